The van der Waals surface area contributed by atoms with Gasteiger partial charge in [0.05, 0.1) is 6.54 Å². The zero-order valence-electron chi connectivity index (χ0n) is 15.7. The van der Waals surface area contributed by atoms with Gasteiger partial charge in [-0.15, -0.1) is 0 Å². The lowest BCUT2D eigenvalue weighted by atomic mass is 10.2. The maximum Gasteiger partial charge on any atom is 0.191 e. The second-order valence-corrected chi connectivity index (χ2v) is 5.85. The Labute approximate surface area is 156 Å². The highest BCUT2D eigenvalue weighted by Crippen LogP contribution is 2.20. The molecule has 5 nitrogen and oxygen atoms in total. The first-order valence-electron chi connectivity index (χ1n) is 9.09. The zero-order chi connectivity index (χ0) is 18.5. The molecular formula is C21H29N3O2. The molecule has 0 aliphatic rings. The van der Waals surface area contributed by atoms with Gasteiger partial charge in [-0.3, -0.25) is 0 Å². The van der Waals surface area contributed by atoms with Crippen molar-refractivity contribution in [1.29, 1.82) is 0 Å². The van der Waals surface area contributed by atoms with Crippen LogP contribution in [0, 0.1) is 0 Å². The van der Waals surface area contributed by atoms with Gasteiger partial charge in [-0.25, -0.2) is 4.99 Å². The Balaban J connectivity index is 1.96. The number of hydrogen-bond donors (Lipinski definition) is 2. The van der Waals surface area contributed by atoms with Crippen molar-refractivity contribution in [1.82, 2.24) is 10.6 Å². The highest BCUT2D eigenvalue weighted by Gasteiger charge is 2.04. The smallest absolute Gasteiger partial charge is 0.191 e. The summed E-state index contributed by atoms with van der Waals surface area (Å²) >= 11 is 0. The molecule has 0 aliphatic carbocycles. The fraction of sp³-hybridized carbons (Fsp3) is 0.381. The lowest BCUT2D eigenvalue weighted by Crippen LogP contribution is -2.38. The summed E-state index contributed by atoms with van der Waals surface area (Å²) < 4.78 is 11.1. The predicted molar refractivity (Wildman–Crippen MR) is 107 cm³/mol. The van der Waals surface area contributed by atoms with Gasteiger partial charge >= 0.3 is 0 Å². The van der Waals surface area contributed by atoms with Crippen molar-refractivity contribution < 1.29 is 9.47 Å². The van der Waals surface area contributed by atoms with E-state index in [9.17, 15) is 0 Å². The quantitative estimate of drug-likeness (QED) is 0.390. The van der Waals surface area contributed by atoms with E-state index in [1.54, 1.807) is 7.11 Å². The van der Waals surface area contributed by atoms with Crippen LogP contribution in [0.25, 0.3) is 0 Å². The SMILES string of the molecule is CCNC(=NCc1ccccc1OCc1ccccc1)NCCCOC. The summed E-state index contributed by atoms with van der Waals surface area (Å²) in [7, 11) is 1.71. The van der Waals surface area contributed by atoms with E-state index in [2.05, 4.69) is 40.7 Å². The fourth-order valence-electron chi connectivity index (χ4n) is 2.44. The lowest BCUT2D eigenvalue weighted by molar-refractivity contribution is 0.195. The van der Waals surface area contributed by atoms with E-state index in [0.29, 0.717) is 13.2 Å². The normalized spacial score (nSPS) is 11.2. The summed E-state index contributed by atoms with van der Waals surface area (Å²) in [6.07, 6.45) is 0.942. The molecule has 2 aromatic rings. The molecule has 0 heterocycles. The molecule has 0 aromatic heterocycles. The lowest BCUT2D eigenvalue weighted by Gasteiger charge is -2.13. The van der Waals surface area contributed by atoms with Gasteiger partial charge in [0.1, 0.15) is 12.4 Å². The van der Waals surface area contributed by atoms with E-state index in [1.165, 1.54) is 0 Å². The number of nitrogens with zero attached hydrogens (tertiary/aromatic N) is 1. The topological polar surface area (TPSA) is 54.9 Å². The minimum absolute atomic E-state index is 0.552. The van der Waals surface area contributed by atoms with Gasteiger partial charge in [-0.05, 0) is 25.0 Å². The number of rotatable bonds is 10. The molecule has 140 valence electrons. The maximum atomic E-state index is 6.00. The van der Waals surface area contributed by atoms with Crippen LogP contribution in [0.1, 0.15) is 24.5 Å². The Morgan fingerprint density at radius 1 is 1.00 bits per heavy atom. The monoisotopic (exact) mass is 355 g/mol. The summed E-state index contributed by atoms with van der Waals surface area (Å²) in [4.78, 5) is 4.67. The summed E-state index contributed by atoms with van der Waals surface area (Å²) in [6.45, 7) is 5.56. The van der Waals surface area contributed by atoms with E-state index in [-0.39, 0.29) is 0 Å². The van der Waals surface area contributed by atoms with Crippen molar-refractivity contribution in [3.63, 3.8) is 0 Å². The number of guanidine groups is 1. The molecule has 0 unspecified atom stereocenters. The highest BCUT2D eigenvalue weighted by molar-refractivity contribution is 5.79. The Morgan fingerprint density at radius 2 is 1.77 bits per heavy atom. The molecule has 0 fully saturated rings. The number of hydrogen-bond acceptors (Lipinski definition) is 3. The molecule has 0 aliphatic heterocycles. The average Bonchev–Trinajstić information content (AvgIpc) is 2.69. The van der Waals surface area contributed by atoms with Crippen molar-refractivity contribution >= 4 is 5.96 Å². The maximum absolute atomic E-state index is 6.00. The molecule has 0 amide bonds. The summed E-state index contributed by atoms with van der Waals surface area (Å²) in [5.41, 5.74) is 2.22. The van der Waals surface area contributed by atoms with E-state index in [4.69, 9.17) is 9.47 Å². The second-order valence-electron chi connectivity index (χ2n) is 5.85. The average molecular weight is 355 g/mol. The number of ether oxygens (including phenoxy) is 2. The molecule has 2 N–H and O–H groups in total. The molecule has 2 aromatic carbocycles. The Kier molecular flexibility index (Phi) is 9.08. The molecule has 0 atom stereocenters. The fourth-order valence-corrected chi connectivity index (χ4v) is 2.44. The Morgan fingerprint density at radius 3 is 2.54 bits per heavy atom. The number of methoxy groups -OCH3 is 1. The van der Waals surface area contributed by atoms with Crippen LogP contribution in [0.3, 0.4) is 0 Å². The summed E-state index contributed by atoms with van der Waals surface area (Å²) in [5.74, 6) is 1.68. The van der Waals surface area contributed by atoms with Crippen LogP contribution in [0.4, 0.5) is 0 Å². The van der Waals surface area contributed by atoms with Crippen LogP contribution < -0.4 is 15.4 Å². The second kappa shape index (κ2) is 11.9. The van der Waals surface area contributed by atoms with Crippen LogP contribution in [-0.4, -0.2) is 32.8 Å². The molecule has 5 heteroatoms. The number of aliphatic imine (C=N–C) groups is 1. The van der Waals surface area contributed by atoms with Crippen molar-refractivity contribution in [3.05, 3.63) is 65.7 Å². The number of para-hydroxylation sites is 1. The van der Waals surface area contributed by atoms with Crippen LogP contribution in [0.15, 0.2) is 59.6 Å². The van der Waals surface area contributed by atoms with E-state index in [1.807, 2.05) is 36.4 Å². The molecule has 26 heavy (non-hydrogen) atoms. The zero-order valence-corrected chi connectivity index (χ0v) is 15.7. The molecule has 0 saturated carbocycles. The van der Waals surface area contributed by atoms with Crippen LogP contribution in [0.5, 0.6) is 5.75 Å². The molecule has 0 saturated heterocycles. The van der Waals surface area contributed by atoms with E-state index < -0.39 is 0 Å². The van der Waals surface area contributed by atoms with Crippen molar-refractivity contribution in [2.45, 2.75) is 26.5 Å². The third kappa shape index (κ3) is 7.15. The first-order valence-corrected chi connectivity index (χ1v) is 9.09. The third-order valence-electron chi connectivity index (χ3n) is 3.78. The first kappa shape index (κ1) is 19.8. The molecule has 0 spiro atoms. The molecule has 0 radical (unpaired) electrons. The van der Waals surface area contributed by atoms with Gasteiger partial charge in [-0.1, -0.05) is 48.5 Å². The molecule has 0 bridgehead atoms. The number of nitrogens with one attached hydrogen (secondary N) is 2. The van der Waals surface area contributed by atoms with Crippen molar-refractivity contribution in [2.24, 2.45) is 4.99 Å². The van der Waals surface area contributed by atoms with Gasteiger partial charge in [0.15, 0.2) is 5.96 Å². The van der Waals surface area contributed by atoms with Gasteiger partial charge in [0.25, 0.3) is 0 Å². The van der Waals surface area contributed by atoms with Gasteiger partial charge in [-0.2, -0.15) is 0 Å². The first-order chi connectivity index (χ1) is 12.8. The van der Waals surface area contributed by atoms with Crippen LogP contribution in [-0.2, 0) is 17.9 Å². The van der Waals surface area contributed by atoms with Crippen LogP contribution >= 0.6 is 0 Å². The summed E-state index contributed by atoms with van der Waals surface area (Å²) in [5, 5.41) is 6.59. The van der Waals surface area contributed by atoms with Crippen molar-refractivity contribution in [3.8, 4) is 5.75 Å². The highest BCUT2D eigenvalue weighted by atomic mass is 16.5. The van der Waals surface area contributed by atoms with Crippen molar-refractivity contribution in [2.75, 3.05) is 26.8 Å². The van der Waals surface area contributed by atoms with Crippen LogP contribution in [0.2, 0.25) is 0 Å². The largest absolute Gasteiger partial charge is 0.489 e. The predicted octanol–water partition coefficient (Wildman–Crippen LogP) is 3.36. The Hall–Kier alpha value is -2.53. The van der Waals surface area contributed by atoms with Gasteiger partial charge in [0, 0.05) is 32.4 Å². The molecular weight excluding hydrogens is 326 g/mol. The van der Waals surface area contributed by atoms with E-state index in [0.717, 1.165) is 49.0 Å². The minimum atomic E-state index is 0.552. The third-order valence-corrected chi connectivity index (χ3v) is 3.78. The van der Waals surface area contributed by atoms with Gasteiger partial charge in [0.2, 0.25) is 0 Å². The minimum Gasteiger partial charge on any atom is -0.489 e. The summed E-state index contributed by atoms with van der Waals surface area (Å²) in [6, 6.07) is 18.2. The standard InChI is InChI=1S/C21H29N3O2/c1-3-22-21(23-14-9-15-25-2)24-16-19-12-7-8-13-20(19)26-17-18-10-5-4-6-11-18/h4-8,10-13H,3,9,14-17H2,1-2H3,(H2,22,23,24). The Bertz CT molecular complexity index is 659. The van der Waals surface area contributed by atoms with E-state index >= 15 is 0 Å². The number of benzene rings is 2. The molecule has 2 rings (SSSR count). The van der Waals surface area contributed by atoms with Gasteiger partial charge < -0.3 is 20.1 Å².